The maximum atomic E-state index is 10.2. The predicted octanol–water partition coefficient (Wildman–Crippen LogP) is 1.96. The second-order valence-electron chi connectivity index (χ2n) is 5.71. The minimum absolute atomic E-state index is 0. The Morgan fingerprint density at radius 1 is 1.52 bits per heavy atom. The van der Waals surface area contributed by atoms with Gasteiger partial charge in [0.25, 0.3) is 0 Å². The van der Waals surface area contributed by atoms with Crippen molar-refractivity contribution in [3.05, 3.63) is 24.0 Å². The van der Waals surface area contributed by atoms with Crippen molar-refractivity contribution in [1.82, 2.24) is 14.8 Å². The van der Waals surface area contributed by atoms with Gasteiger partial charge in [-0.2, -0.15) is 0 Å². The summed E-state index contributed by atoms with van der Waals surface area (Å²) in [4.78, 5) is 6.69. The molecular formula is C15H27IN4O. The lowest BCUT2D eigenvalue weighted by atomic mass is 9.80. The summed E-state index contributed by atoms with van der Waals surface area (Å²) in [6, 6.07) is 4.16. The van der Waals surface area contributed by atoms with E-state index in [-0.39, 0.29) is 24.0 Å². The zero-order chi connectivity index (χ0) is 14.6. The smallest absolute Gasteiger partial charge is 0.194 e. The van der Waals surface area contributed by atoms with Gasteiger partial charge in [-0.05, 0) is 38.3 Å². The van der Waals surface area contributed by atoms with E-state index in [0.29, 0.717) is 6.54 Å². The molecule has 1 aliphatic rings. The minimum atomic E-state index is -0.563. The number of guanidine groups is 1. The molecule has 0 bridgehead atoms. The number of hydrogen-bond acceptors (Lipinski definition) is 2. The Bertz CT molecular complexity index is 468. The first kappa shape index (κ1) is 18.3. The molecule has 0 aromatic carbocycles. The van der Waals surface area contributed by atoms with Gasteiger partial charge in [-0.1, -0.05) is 0 Å². The second kappa shape index (κ2) is 8.03. The number of aryl methyl sites for hydroxylation is 1. The summed E-state index contributed by atoms with van der Waals surface area (Å²) >= 11 is 0. The molecule has 1 aromatic rings. The molecule has 1 aromatic heterocycles. The zero-order valence-electron chi connectivity index (χ0n) is 13.2. The summed E-state index contributed by atoms with van der Waals surface area (Å²) in [5, 5.41) is 13.4. The number of aliphatic imine (C=N–C) groups is 1. The molecule has 0 radical (unpaired) electrons. The van der Waals surface area contributed by atoms with Gasteiger partial charge < -0.3 is 19.9 Å². The molecule has 2 N–H and O–H groups in total. The van der Waals surface area contributed by atoms with Crippen molar-refractivity contribution in [2.24, 2.45) is 12.0 Å². The fourth-order valence-corrected chi connectivity index (χ4v) is 2.41. The molecule has 0 spiro atoms. The van der Waals surface area contributed by atoms with Crippen LogP contribution in [0.5, 0.6) is 0 Å². The van der Waals surface area contributed by atoms with Crippen LogP contribution in [0, 0.1) is 0 Å². The summed E-state index contributed by atoms with van der Waals surface area (Å²) in [7, 11) is 4.07. The summed E-state index contributed by atoms with van der Waals surface area (Å²) < 4.78 is 2.11. The lowest BCUT2D eigenvalue weighted by Crippen LogP contribution is -2.43. The van der Waals surface area contributed by atoms with Crippen molar-refractivity contribution in [2.45, 2.75) is 38.3 Å². The van der Waals surface area contributed by atoms with Gasteiger partial charge >= 0.3 is 0 Å². The molecule has 1 fully saturated rings. The molecule has 1 aliphatic carbocycles. The highest BCUT2D eigenvalue weighted by molar-refractivity contribution is 14.0. The average Bonchev–Trinajstić information content (AvgIpc) is 2.78. The van der Waals surface area contributed by atoms with E-state index in [9.17, 15) is 5.11 Å². The SMILES string of the molecule is CCNC(=NCC1(O)CCC1)N(C)Cc1cccn1C.I. The Morgan fingerprint density at radius 3 is 2.71 bits per heavy atom. The molecule has 1 heterocycles. The lowest BCUT2D eigenvalue weighted by molar-refractivity contribution is -0.0237. The number of nitrogens with zero attached hydrogens (tertiary/aromatic N) is 3. The third-order valence-corrected chi connectivity index (χ3v) is 3.95. The molecule has 0 saturated heterocycles. The number of nitrogens with one attached hydrogen (secondary N) is 1. The van der Waals surface area contributed by atoms with Crippen LogP contribution >= 0.6 is 24.0 Å². The lowest BCUT2D eigenvalue weighted by Gasteiger charge is -2.35. The fraction of sp³-hybridized carbons (Fsp3) is 0.667. The van der Waals surface area contributed by atoms with Crippen molar-refractivity contribution in [2.75, 3.05) is 20.1 Å². The van der Waals surface area contributed by atoms with Gasteiger partial charge in [0, 0.05) is 32.5 Å². The first-order chi connectivity index (χ1) is 9.54. The molecule has 6 heteroatoms. The topological polar surface area (TPSA) is 52.8 Å². The first-order valence-corrected chi connectivity index (χ1v) is 7.36. The van der Waals surface area contributed by atoms with Crippen molar-refractivity contribution < 1.29 is 5.11 Å². The van der Waals surface area contributed by atoms with E-state index in [1.807, 2.05) is 26.4 Å². The van der Waals surface area contributed by atoms with Gasteiger partial charge in [0.1, 0.15) is 0 Å². The van der Waals surface area contributed by atoms with Crippen molar-refractivity contribution in [3.63, 3.8) is 0 Å². The standard InChI is InChI=1S/C15H26N4O.HI/c1-4-16-14(17-12-15(20)8-6-9-15)19(3)11-13-7-5-10-18(13)2;/h5,7,10,20H,4,6,8-9,11-12H2,1-3H3,(H,16,17);1H. The van der Waals surface area contributed by atoms with E-state index >= 15 is 0 Å². The van der Waals surface area contributed by atoms with Crippen LogP contribution in [-0.2, 0) is 13.6 Å². The van der Waals surface area contributed by atoms with Crippen LogP contribution in [0.2, 0.25) is 0 Å². The van der Waals surface area contributed by atoms with Crippen LogP contribution in [0.4, 0.5) is 0 Å². The summed E-state index contributed by atoms with van der Waals surface area (Å²) in [5.74, 6) is 0.856. The largest absolute Gasteiger partial charge is 0.388 e. The van der Waals surface area contributed by atoms with Gasteiger partial charge in [-0.3, -0.25) is 4.99 Å². The molecule has 5 nitrogen and oxygen atoms in total. The summed E-state index contributed by atoms with van der Waals surface area (Å²) in [6.45, 7) is 4.18. The molecular weight excluding hydrogens is 379 g/mol. The number of hydrogen-bond donors (Lipinski definition) is 2. The Morgan fingerprint density at radius 2 is 2.24 bits per heavy atom. The van der Waals surface area contributed by atoms with E-state index in [1.165, 1.54) is 5.69 Å². The number of aliphatic hydroxyl groups is 1. The molecule has 0 unspecified atom stereocenters. The summed E-state index contributed by atoms with van der Waals surface area (Å²) in [5.41, 5.74) is 0.674. The number of rotatable bonds is 5. The van der Waals surface area contributed by atoms with Crippen LogP contribution in [0.15, 0.2) is 23.3 Å². The van der Waals surface area contributed by atoms with Crippen molar-refractivity contribution >= 4 is 29.9 Å². The van der Waals surface area contributed by atoms with Crippen molar-refractivity contribution in [1.29, 1.82) is 0 Å². The van der Waals surface area contributed by atoms with E-state index in [4.69, 9.17) is 0 Å². The minimum Gasteiger partial charge on any atom is -0.388 e. The molecule has 21 heavy (non-hydrogen) atoms. The third kappa shape index (κ3) is 4.88. The first-order valence-electron chi connectivity index (χ1n) is 7.36. The van der Waals surface area contributed by atoms with Crippen LogP contribution < -0.4 is 5.32 Å². The molecule has 1 saturated carbocycles. The third-order valence-electron chi connectivity index (χ3n) is 3.95. The summed E-state index contributed by atoms with van der Waals surface area (Å²) in [6.07, 6.45) is 4.90. The Kier molecular flexibility index (Phi) is 6.99. The van der Waals surface area contributed by atoms with Gasteiger partial charge in [0.05, 0.1) is 18.7 Å². The fourth-order valence-electron chi connectivity index (χ4n) is 2.41. The van der Waals surface area contributed by atoms with E-state index in [2.05, 4.69) is 32.8 Å². The molecule has 0 aliphatic heterocycles. The van der Waals surface area contributed by atoms with Gasteiger partial charge in [-0.15, -0.1) is 24.0 Å². The van der Waals surface area contributed by atoms with Crippen LogP contribution in [0.25, 0.3) is 0 Å². The molecule has 0 atom stereocenters. The van der Waals surface area contributed by atoms with Crippen LogP contribution in [0.1, 0.15) is 31.9 Å². The molecule has 2 rings (SSSR count). The highest BCUT2D eigenvalue weighted by Crippen LogP contribution is 2.31. The van der Waals surface area contributed by atoms with E-state index < -0.39 is 5.60 Å². The maximum Gasteiger partial charge on any atom is 0.194 e. The highest BCUT2D eigenvalue weighted by atomic mass is 127. The Labute approximate surface area is 144 Å². The Hall–Kier alpha value is -0.760. The maximum absolute atomic E-state index is 10.2. The van der Waals surface area contributed by atoms with Gasteiger partial charge in [0.2, 0.25) is 0 Å². The second-order valence-corrected chi connectivity index (χ2v) is 5.71. The monoisotopic (exact) mass is 406 g/mol. The molecule has 0 amide bonds. The predicted molar refractivity (Wildman–Crippen MR) is 97.1 cm³/mol. The van der Waals surface area contributed by atoms with Crippen LogP contribution in [0.3, 0.4) is 0 Å². The van der Waals surface area contributed by atoms with E-state index in [0.717, 1.165) is 38.3 Å². The van der Waals surface area contributed by atoms with E-state index in [1.54, 1.807) is 0 Å². The van der Waals surface area contributed by atoms with Gasteiger partial charge in [0.15, 0.2) is 5.96 Å². The molecule has 120 valence electrons. The normalized spacial score (nSPS) is 16.9. The zero-order valence-corrected chi connectivity index (χ0v) is 15.5. The quantitative estimate of drug-likeness (QED) is 0.447. The number of aromatic nitrogens is 1. The highest BCUT2D eigenvalue weighted by Gasteiger charge is 2.34. The average molecular weight is 406 g/mol. The number of halogens is 1. The van der Waals surface area contributed by atoms with Crippen molar-refractivity contribution in [3.8, 4) is 0 Å². The van der Waals surface area contributed by atoms with Crippen LogP contribution in [-0.4, -0.2) is 46.3 Å². The van der Waals surface area contributed by atoms with Gasteiger partial charge in [-0.25, -0.2) is 0 Å². The Balaban J connectivity index is 0.00000220.